The van der Waals surface area contributed by atoms with Crippen LogP contribution in [0.15, 0.2) is 18.2 Å². The van der Waals surface area contributed by atoms with E-state index >= 15 is 0 Å². The van der Waals surface area contributed by atoms with Crippen LogP contribution in [0.3, 0.4) is 0 Å². The first-order valence-electron chi connectivity index (χ1n) is 5.82. The zero-order chi connectivity index (χ0) is 13.0. The largest absolute Gasteiger partial charge is 0.493 e. The molecule has 0 spiro atoms. The van der Waals surface area contributed by atoms with Crippen molar-refractivity contribution in [1.29, 1.82) is 0 Å². The molecule has 1 N–H and O–H groups in total. The Kier molecular flexibility index (Phi) is 4.04. The SMILES string of the molecule is COc1cc(CC(=O)O)ccc1OC1CCOC1. The monoisotopic (exact) mass is 252 g/mol. The summed E-state index contributed by atoms with van der Waals surface area (Å²) in [7, 11) is 1.54. The number of methoxy groups -OCH3 is 1. The summed E-state index contributed by atoms with van der Waals surface area (Å²) < 4.78 is 16.2. The fraction of sp³-hybridized carbons (Fsp3) is 0.462. The van der Waals surface area contributed by atoms with E-state index in [4.69, 9.17) is 19.3 Å². The highest BCUT2D eigenvalue weighted by atomic mass is 16.6. The Morgan fingerprint density at radius 3 is 2.94 bits per heavy atom. The highest BCUT2D eigenvalue weighted by molar-refractivity contribution is 5.70. The Morgan fingerprint density at radius 2 is 2.33 bits per heavy atom. The lowest BCUT2D eigenvalue weighted by Crippen LogP contribution is -2.16. The molecule has 5 heteroatoms. The average molecular weight is 252 g/mol. The molecule has 1 atom stereocenters. The van der Waals surface area contributed by atoms with Gasteiger partial charge in [0.05, 0.1) is 26.7 Å². The first-order valence-corrected chi connectivity index (χ1v) is 5.82. The fourth-order valence-corrected chi connectivity index (χ4v) is 1.88. The van der Waals surface area contributed by atoms with Crippen LogP contribution >= 0.6 is 0 Å². The first-order chi connectivity index (χ1) is 8.69. The fourth-order valence-electron chi connectivity index (χ4n) is 1.88. The van der Waals surface area contributed by atoms with Gasteiger partial charge in [0.15, 0.2) is 11.5 Å². The lowest BCUT2D eigenvalue weighted by atomic mass is 10.1. The van der Waals surface area contributed by atoms with Crippen molar-refractivity contribution in [2.75, 3.05) is 20.3 Å². The molecule has 1 aliphatic rings. The number of carboxylic acid groups (broad SMARTS) is 1. The second-order valence-electron chi connectivity index (χ2n) is 4.16. The summed E-state index contributed by atoms with van der Waals surface area (Å²) in [5.41, 5.74) is 0.689. The molecule has 0 bridgehead atoms. The third-order valence-corrected chi connectivity index (χ3v) is 2.76. The van der Waals surface area contributed by atoms with Crippen LogP contribution in [0.1, 0.15) is 12.0 Å². The Bertz CT molecular complexity index is 423. The first kappa shape index (κ1) is 12.7. The Balaban J connectivity index is 2.11. The summed E-state index contributed by atoms with van der Waals surface area (Å²) in [6.45, 7) is 1.30. The predicted octanol–water partition coefficient (Wildman–Crippen LogP) is 1.49. The summed E-state index contributed by atoms with van der Waals surface area (Å²) in [6.07, 6.45) is 0.882. The minimum Gasteiger partial charge on any atom is -0.493 e. The standard InChI is InChI=1S/C13H16O5/c1-16-12-6-9(7-13(14)15)2-3-11(12)18-10-4-5-17-8-10/h2-3,6,10H,4-5,7-8H2,1H3,(H,14,15). The topological polar surface area (TPSA) is 65.0 Å². The van der Waals surface area contributed by atoms with Crippen LogP contribution in [0.4, 0.5) is 0 Å². The van der Waals surface area contributed by atoms with Crippen molar-refractivity contribution >= 4 is 5.97 Å². The molecule has 1 aromatic carbocycles. The summed E-state index contributed by atoms with van der Waals surface area (Å²) in [5.74, 6) is 0.317. The molecule has 2 rings (SSSR count). The molecule has 0 aliphatic carbocycles. The number of carboxylic acids is 1. The number of aliphatic carboxylic acids is 1. The molecular formula is C13H16O5. The van der Waals surface area contributed by atoms with Gasteiger partial charge in [-0.15, -0.1) is 0 Å². The van der Waals surface area contributed by atoms with Gasteiger partial charge in [-0.3, -0.25) is 4.79 Å². The second kappa shape index (κ2) is 5.73. The number of ether oxygens (including phenoxy) is 3. The van der Waals surface area contributed by atoms with Crippen LogP contribution in [0.2, 0.25) is 0 Å². The number of hydrogen-bond acceptors (Lipinski definition) is 4. The van der Waals surface area contributed by atoms with E-state index in [-0.39, 0.29) is 12.5 Å². The van der Waals surface area contributed by atoms with E-state index in [0.29, 0.717) is 30.3 Å². The van der Waals surface area contributed by atoms with E-state index in [1.807, 2.05) is 0 Å². The van der Waals surface area contributed by atoms with E-state index < -0.39 is 5.97 Å². The van der Waals surface area contributed by atoms with Gasteiger partial charge in [0.1, 0.15) is 6.10 Å². The average Bonchev–Trinajstić information content (AvgIpc) is 2.83. The summed E-state index contributed by atoms with van der Waals surface area (Å²) in [4.78, 5) is 10.6. The molecule has 98 valence electrons. The number of hydrogen-bond donors (Lipinski definition) is 1. The maximum absolute atomic E-state index is 10.6. The van der Waals surface area contributed by atoms with Gasteiger partial charge in [-0.25, -0.2) is 0 Å². The molecule has 1 fully saturated rings. The van der Waals surface area contributed by atoms with Gasteiger partial charge in [-0.1, -0.05) is 6.07 Å². The molecule has 1 aromatic rings. The van der Waals surface area contributed by atoms with Crippen molar-refractivity contribution in [2.24, 2.45) is 0 Å². The van der Waals surface area contributed by atoms with Gasteiger partial charge >= 0.3 is 5.97 Å². The molecule has 18 heavy (non-hydrogen) atoms. The normalized spacial score (nSPS) is 18.6. The summed E-state index contributed by atoms with van der Waals surface area (Å²) in [6, 6.07) is 5.18. The van der Waals surface area contributed by atoms with Gasteiger partial charge in [-0.05, 0) is 17.7 Å². The third-order valence-electron chi connectivity index (χ3n) is 2.76. The number of carbonyl (C=O) groups is 1. The van der Waals surface area contributed by atoms with E-state index in [2.05, 4.69) is 0 Å². The smallest absolute Gasteiger partial charge is 0.307 e. The molecule has 0 aromatic heterocycles. The van der Waals surface area contributed by atoms with E-state index in [1.54, 1.807) is 18.2 Å². The molecule has 5 nitrogen and oxygen atoms in total. The lowest BCUT2D eigenvalue weighted by molar-refractivity contribution is -0.136. The summed E-state index contributed by atoms with van der Waals surface area (Å²) in [5, 5.41) is 8.74. The molecule has 0 amide bonds. The van der Waals surface area contributed by atoms with Crippen LogP contribution in [-0.2, 0) is 16.0 Å². The zero-order valence-electron chi connectivity index (χ0n) is 10.2. The van der Waals surface area contributed by atoms with Crippen LogP contribution in [0.5, 0.6) is 11.5 Å². The third kappa shape index (κ3) is 3.13. The minimum atomic E-state index is -0.866. The van der Waals surface area contributed by atoms with Crippen molar-refractivity contribution in [3.8, 4) is 11.5 Å². The lowest BCUT2D eigenvalue weighted by Gasteiger charge is -2.15. The van der Waals surface area contributed by atoms with Gasteiger partial charge in [0.25, 0.3) is 0 Å². The van der Waals surface area contributed by atoms with Gasteiger partial charge in [0.2, 0.25) is 0 Å². The highest BCUT2D eigenvalue weighted by Crippen LogP contribution is 2.30. The summed E-state index contributed by atoms with van der Waals surface area (Å²) >= 11 is 0. The minimum absolute atomic E-state index is 0.0246. The molecule has 1 saturated heterocycles. The van der Waals surface area contributed by atoms with Gasteiger partial charge < -0.3 is 19.3 Å². The Labute approximate surface area is 105 Å². The van der Waals surface area contributed by atoms with Gasteiger partial charge in [0, 0.05) is 6.42 Å². The Morgan fingerprint density at radius 1 is 1.50 bits per heavy atom. The van der Waals surface area contributed by atoms with Gasteiger partial charge in [-0.2, -0.15) is 0 Å². The van der Waals surface area contributed by atoms with Crippen molar-refractivity contribution in [3.63, 3.8) is 0 Å². The number of benzene rings is 1. The quantitative estimate of drug-likeness (QED) is 0.860. The van der Waals surface area contributed by atoms with Crippen LogP contribution in [-0.4, -0.2) is 37.5 Å². The van der Waals surface area contributed by atoms with E-state index in [1.165, 1.54) is 7.11 Å². The molecule has 1 unspecified atom stereocenters. The molecule has 1 aliphatic heterocycles. The highest BCUT2D eigenvalue weighted by Gasteiger charge is 2.19. The molecular weight excluding hydrogens is 236 g/mol. The van der Waals surface area contributed by atoms with Crippen molar-refractivity contribution in [1.82, 2.24) is 0 Å². The van der Waals surface area contributed by atoms with Crippen molar-refractivity contribution in [2.45, 2.75) is 18.9 Å². The Hall–Kier alpha value is -1.75. The van der Waals surface area contributed by atoms with Crippen molar-refractivity contribution in [3.05, 3.63) is 23.8 Å². The predicted molar refractivity (Wildman–Crippen MR) is 64.2 cm³/mol. The van der Waals surface area contributed by atoms with Crippen LogP contribution in [0.25, 0.3) is 0 Å². The zero-order valence-corrected chi connectivity index (χ0v) is 10.2. The molecule has 1 heterocycles. The van der Waals surface area contributed by atoms with E-state index in [9.17, 15) is 4.79 Å². The number of rotatable bonds is 5. The van der Waals surface area contributed by atoms with Crippen LogP contribution in [0, 0.1) is 0 Å². The maximum Gasteiger partial charge on any atom is 0.307 e. The molecule has 0 saturated carbocycles. The maximum atomic E-state index is 10.6. The van der Waals surface area contributed by atoms with E-state index in [0.717, 1.165) is 6.42 Å². The molecule has 0 radical (unpaired) electrons. The van der Waals surface area contributed by atoms with Crippen LogP contribution < -0.4 is 9.47 Å². The second-order valence-corrected chi connectivity index (χ2v) is 4.16. The van der Waals surface area contributed by atoms with Crippen molar-refractivity contribution < 1.29 is 24.1 Å².